The fourth-order valence-electron chi connectivity index (χ4n) is 10.4. The highest BCUT2D eigenvalue weighted by Crippen LogP contribution is 2.48. The Hall–Kier alpha value is -7.33. The zero-order valence-corrected chi connectivity index (χ0v) is 52.4. The Morgan fingerprint density at radius 1 is 0.652 bits per heavy atom. The third kappa shape index (κ3) is 26.0. The van der Waals surface area contributed by atoms with E-state index in [1.807, 2.05) is 6.07 Å². The van der Waals surface area contributed by atoms with Crippen LogP contribution in [0.15, 0.2) is 53.4 Å². The van der Waals surface area contributed by atoms with E-state index >= 15 is 0 Å². The number of amides is 6. The van der Waals surface area contributed by atoms with Gasteiger partial charge in [-0.25, -0.2) is 19.7 Å². The van der Waals surface area contributed by atoms with Crippen LogP contribution in [0.25, 0.3) is 22.0 Å². The monoisotopic (exact) mass is 1300 g/mol. The number of piperidine rings is 1. The topological polar surface area (TPSA) is 351 Å². The molecule has 26 nitrogen and oxygen atoms in total. The fourth-order valence-corrected chi connectivity index (χ4v) is 10.8. The van der Waals surface area contributed by atoms with Crippen LogP contribution in [0.3, 0.4) is 0 Å². The first-order valence-electron chi connectivity index (χ1n) is 31.0. The lowest BCUT2D eigenvalue weighted by Gasteiger charge is -2.26. The van der Waals surface area contributed by atoms with Crippen molar-refractivity contribution in [3.63, 3.8) is 0 Å². The number of unbranched alkanes of at least 4 members (excludes halogenated alkanes) is 13. The highest BCUT2D eigenvalue weighted by atomic mass is 79.9. The van der Waals surface area contributed by atoms with Crippen molar-refractivity contribution in [2.75, 3.05) is 71.3 Å². The second-order valence-electron chi connectivity index (χ2n) is 22.3. The molecule has 89 heavy (non-hydrogen) atoms. The molecular weight excluding hydrogens is 1220 g/mol. The zero-order valence-electron chi connectivity index (χ0n) is 50.8. The van der Waals surface area contributed by atoms with Gasteiger partial charge in [-0.3, -0.25) is 43.0 Å². The number of carboxylic acid groups (broad SMARTS) is 2. The summed E-state index contributed by atoms with van der Waals surface area (Å²) in [5.41, 5.74) is 2.13. The predicted molar refractivity (Wildman–Crippen MR) is 330 cm³/mol. The predicted octanol–water partition coefficient (Wildman–Crippen LogP) is 6.07. The number of fused-ring (bicyclic) bond motifs is 2. The Labute approximate surface area is 526 Å². The largest absolute Gasteiger partial charge is 0.481 e. The zero-order chi connectivity index (χ0) is 63.8. The number of halogens is 1. The van der Waals surface area contributed by atoms with Crippen LogP contribution in [-0.2, 0) is 70.4 Å². The number of aromatic nitrogens is 5. The summed E-state index contributed by atoms with van der Waals surface area (Å²) in [6.45, 7) is 2.28. The number of ketones is 1. The number of nitrogens with one attached hydrogen (secondary N) is 5. The third-order valence-corrected chi connectivity index (χ3v) is 15.6. The van der Waals surface area contributed by atoms with Gasteiger partial charge in [0.25, 0.3) is 0 Å². The summed E-state index contributed by atoms with van der Waals surface area (Å²) in [6, 6.07) is 8.75. The Kier molecular flexibility index (Phi) is 31.0. The van der Waals surface area contributed by atoms with Gasteiger partial charge >= 0.3 is 11.9 Å². The van der Waals surface area contributed by atoms with Crippen molar-refractivity contribution in [1.82, 2.24) is 50.9 Å². The first-order valence-corrected chi connectivity index (χ1v) is 31.8. The van der Waals surface area contributed by atoms with Gasteiger partial charge in [-0.1, -0.05) is 89.2 Å². The van der Waals surface area contributed by atoms with Gasteiger partial charge in [0.05, 0.1) is 51.7 Å². The molecule has 0 bridgehead atoms. The van der Waals surface area contributed by atoms with Crippen molar-refractivity contribution in [3.05, 3.63) is 64.9 Å². The molecule has 486 valence electrons. The number of carboxylic acids is 2. The molecule has 2 aliphatic rings. The molecule has 4 aromatic rings. The van der Waals surface area contributed by atoms with Crippen LogP contribution in [-0.4, -0.2) is 177 Å². The molecule has 1 aromatic carbocycles. The number of likely N-dealkylation sites (tertiary alicyclic amines) is 1. The standard InChI is InChI=1S/C62H86BrN11O15/c1-42(75)60-46-33-43(21-23-48(46)73(72-60)39-58(80)74-49-34-44(49)35-50(74)61(83)71-52-18-16-17-51(63)70-52)45-36-66-53(67-37-45)38-68-57(79)41-89-32-30-87-28-26-65-56(78)40-88-31-29-86-27-25-64-54(76)24-22-47(62(84)85)69-55(77)19-14-12-10-8-6-4-2-3-5-7-9-11-13-15-20-59(81)82/h16-18,21,23,33,36-37,44,47,49-50H,2-15,19-20,22,24-32,34-35,38-41H2,1H3,(H,64,76)(H,65,78)(H,68,79)(H,69,77)(H,81,82)(H,84,85)(H,70,71,83)/t44-,47+,49-,50+/m1/s1. The summed E-state index contributed by atoms with van der Waals surface area (Å²) in [5, 5.41) is 36.8. The van der Waals surface area contributed by atoms with E-state index in [0.29, 0.717) is 51.1 Å². The molecule has 1 aliphatic heterocycles. The molecule has 0 unspecified atom stereocenters. The summed E-state index contributed by atoms with van der Waals surface area (Å²) in [4.78, 5) is 126. The number of Topliss-reactive ketones (excluding diaryl/α,β-unsaturated/α-hetero) is 1. The van der Waals surface area contributed by atoms with E-state index in [4.69, 9.17) is 24.1 Å². The summed E-state index contributed by atoms with van der Waals surface area (Å²) in [5.74, 6) is -3.24. The number of carbonyl (C=O) groups excluding carboxylic acids is 7. The van der Waals surface area contributed by atoms with Crippen molar-refractivity contribution < 1.29 is 72.3 Å². The lowest BCUT2D eigenvalue weighted by Crippen LogP contribution is -2.46. The molecule has 7 N–H and O–H groups in total. The van der Waals surface area contributed by atoms with Gasteiger partial charge in [0.2, 0.25) is 35.4 Å². The molecule has 1 aliphatic carbocycles. The van der Waals surface area contributed by atoms with Gasteiger partial charge in [-0.2, -0.15) is 5.10 Å². The van der Waals surface area contributed by atoms with Crippen LogP contribution >= 0.6 is 15.9 Å². The van der Waals surface area contributed by atoms with Crippen LogP contribution in [0.2, 0.25) is 0 Å². The van der Waals surface area contributed by atoms with Gasteiger partial charge in [-0.05, 0) is 83.8 Å². The van der Waals surface area contributed by atoms with E-state index in [1.54, 1.807) is 47.6 Å². The van der Waals surface area contributed by atoms with Crippen LogP contribution in [0, 0.1) is 5.92 Å². The molecule has 0 radical (unpaired) electrons. The maximum absolute atomic E-state index is 13.9. The lowest BCUT2D eigenvalue weighted by molar-refractivity contribution is -0.142. The van der Waals surface area contributed by atoms with Crippen molar-refractivity contribution in [2.24, 2.45) is 5.92 Å². The number of pyridine rings is 1. The van der Waals surface area contributed by atoms with Gasteiger partial charge in [0.1, 0.15) is 53.8 Å². The minimum atomic E-state index is -1.20. The highest BCUT2D eigenvalue weighted by molar-refractivity contribution is 9.10. The highest BCUT2D eigenvalue weighted by Gasteiger charge is 2.56. The number of rotatable bonds is 46. The average Bonchev–Trinajstić information content (AvgIpc) is 1.60. The summed E-state index contributed by atoms with van der Waals surface area (Å²) in [6.07, 6.45) is 19.9. The van der Waals surface area contributed by atoms with Crippen molar-refractivity contribution in [2.45, 2.75) is 167 Å². The van der Waals surface area contributed by atoms with E-state index in [2.05, 4.69) is 62.6 Å². The number of aliphatic carboxylic acids is 2. The van der Waals surface area contributed by atoms with Crippen molar-refractivity contribution >= 4 is 85.8 Å². The van der Waals surface area contributed by atoms with Crippen LogP contribution < -0.4 is 26.6 Å². The van der Waals surface area contributed by atoms with E-state index in [1.165, 1.54) is 50.1 Å². The van der Waals surface area contributed by atoms with Crippen molar-refractivity contribution in [1.29, 1.82) is 0 Å². The smallest absolute Gasteiger partial charge is 0.326 e. The minimum absolute atomic E-state index is 0.0251. The molecule has 0 spiro atoms. The molecular formula is C62H86BrN11O15. The Balaban J connectivity index is 0.724. The maximum atomic E-state index is 13.9. The number of hydrogen-bond acceptors (Lipinski definition) is 17. The molecule has 27 heteroatoms. The van der Waals surface area contributed by atoms with Crippen LogP contribution in [0.4, 0.5) is 5.82 Å². The number of hydrogen-bond donors (Lipinski definition) is 7. The normalized spacial score (nSPS) is 15.3. The van der Waals surface area contributed by atoms with Gasteiger partial charge in [0, 0.05) is 68.7 Å². The molecule has 3 aromatic heterocycles. The molecule has 1 saturated carbocycles. The second kappa shape index (κ2) is 38.9. The lowest BCUT2D eigenvalue weighted by atomic mass is 10.0. The number of nitrogens with zero attached hydrogens (tertiary/aromatic N) is 6. The van der Waals surface area contributed by atoms with Crippen LogP contribution in [0.5, 0.6) is 0 Å². The number of ether oxygens (including phenoxy) is 4. The van der Waals surface area contributed by atoms with Crippen LogP contribution in [0.1, 0.15) is 152 Å². The quantitative estimate of drug-likeness (QED) is 0.0150. The molecule has 1 saturated heterocycles. The summed E-state index contributed by atoms with van der Waals surface area (Å²) >= 11 is 3.32. The SMILES string of the molecule is CC(=O)c1nn(CC(=O)N2[C@@H]3C[C@@H]3C[C@H]2C(=O)Nc2cccc(Br)n2)c2ccc(-c3cnc(CNC(=O)COCCOCCNC(=O)COCCOCCNC(=O)CC[C@H](NC(=O)CCCCCCCCCCCCCCCCC(=O)O)C(=O)O)nc3)cc12. The molecule has 2 fully saturated rings. The fraction of sp³-hybridized carbons (Fsp3) is 0.597. The molecule has 6 amide bonds. The van der Waals surface area contributed by atoms with E-state index in [0.717, 1.165) is 51.4 Å². The van der Waals surface area contributed by atoms with E-state index < -0.39 is 24.0 Å². The third-order valence-electron chi connectivity index (χ3n) is 15.2. The first kappa shape index (κ1) is 70.8. The number of carbonyl (C=O) groups is 9. The first-order chi connectivity index (χ1) is 43.1. The minimum Gasteiger partial charge on any atom is -0.481 e. The maximum Gasteiger partial charge on any atom is 0.326 e. The Bertz CT molecular complexity index is 2970. The van der Waals surface area contributed by atoms with Crippen molar-refractivity contribution in [3.8, 4) is 11.1 Å². The second-order valence-corrected chi connectivity index (χ2v) is 23.1. The summed E-state index contributed by atoms with van der Waals surface area (Å²) < 4.78 is 23.7. The van der Waals surface area contributed by atoms with E-state index in [-0.39, 0.29) is 164 Å². The summed E-state index contributed by atoms with van der Waals surface area (Å²) in [7, 11) is 0. The Morgan fingerprint density at radius 3 is 1.83 bits per heavy atom. The molecule has 6 rings (SSSR count). The number of benzene rings is 1. The molecule has 4 atom stereocenters. The van der Waals surface area contributed by atoms with Gasteiger partial charge in [-0.15, -0.1) is 0 Å². The number of anilines is 1. The van der Waals surface area contributed by atoms with Gasteiger partial charge in [0.15, 0.2) is 5.78 Å². The Morgan fingerprint density at radius 2 is 1.24 bits per heavy atom. The average molecular weight is 1310 g/mol. The molecule has 4 heterocycles. The van der Waals surface area contributed by atoms with Gasteiger partial charge < -0.3 is 60.6 Å². The van der Waals surface area contributed by atoms with E-state index in [9.17, 15) is 48.3 Å².